The van der Waals surface area contributed by atoms with Crippen LogP contribution in [0, 0.1) is 6.92 Å². The number of hydrogen-bond acceptors (Lipinski definition) is 4. The minimum atomic E-state index is 0.139. The third-order valence-electron chi connectivity index (χ3n) is 2.94. The van der Waals surface area contributed by atoms with Crippen molar-refractivity contribution in [1.82, 2.24) is 19.9 Å². The van der Waals surface area contributed by atoms with Crippen molar-refractivity contribution in [1.29, 1.82) is 0 Å². The Balaban J connectivity index is 2.04. The fourth-order valence-corrected chi connectivity index (χ4v) is 1.96. The van der Waals surface area contributed by atoms with Gasteiger partial charge in [-0.05, 0) is 39.8 Å². The monoisotopic (exact) mass is 273 g/mol. The van der Waals surface area contributed by atoms with E-state index in [0.717, 1.165) is 30.4 Å². The van der Waals surface area contributed by atoms with Crippen molar-refractivity contribution < 1.29 is 0 Å². The predicted octanol–water partition coefficient (Wildman–Crippen LogP) is 2.38. The zero-order valence-corrected chi connectivity index (χ0v) is 12.6. The van der Waals surface area contributed by atoms with Gasteiger partial charge in [-0.25, -0.2) is 9.97 Å². The molecule has 0 saturated carbocycles. The lowest BCUT2D eigenvalue weighted by atomic mass is 10.1. The Kier molecular flexibility index (Phi) is 4.39. The number of aryl methyl sites for hydroxylation is 1. The first-order valence-electron chi connectivity index (χ1n) is 6.91. The molecule has 0 aromatic carbocycles. The molecule has 2 aromatic rings. The van der Waals surface area contributed by atoms with Crippen LogP contribution in [-0.4, -0.2) is 33.2 Å². The van der Waals surface area contributed by atoms with Gasteiger partial charge in [0.2, 0.25) is 0 Å². The van der Waals surface area contributed by atoms with E-state index in [1.807, 2.05) is 29.8 Å². The first-order valence-corrected chi connectivity index (χ1v) is 6.91. The second-order valence-electron chi connectivity index (χ2n) is 5.82. The lowest BCUT2D eigenvalue weighted by Gasteiger charge is -2.21. The molecule has 0 aliphatic rings. The van der Waals surface area contributed by atoms with Crippen LogP contribution in [0.5, 0.6) is 0 Å². The molecule has 0 radical (unpaired) electrons. The van der Waals surface area contributed by atoms with Crippen LogP contribution in [-0.2, 0) is 0 Å². The predicted molar refractivity (Wildman–Crippen MR) is 82.3 cm³/mol. The number of nitrogens with zero attached hydrogens (tertiary/aromatic N) is 3. The largest absolute Gasteiger partial charge is 0.381 e. The number of hydrogen-bond donors (Lipinski definition) is 2. The summed E-state index contributed by atoms with van der Waals surface area (Å²) in [5.74, 6) is 1.82. The number of imidazole rings is 1. The molecule has 2 heterocycles. The molecule has 0 aliphatic carbocycles. The summed E-state index contributed by atoms with van der Waals surface area (Å²) < 4.78 is 1.99. The summed E-state index contributed by atoms with van der Waals surface area (Å²) in [6.45, 7) is 10.2. The smallest absolute Gasteiger partial charge is 0.161 e. The van der Waals surface area contributed by atoms with Crippen LogP contribution < -0.4 is 10.6 Å². The first kappa shape index (κ1) is 14.5. The van der Waals surface area contributed by atoms with E-state index in [1.54, 1.807) is 12.4 Å². The molecule has 0 amide bonds. The van der Waals surface area contributed by atoms with E-state index in [2.05, 4.69) is 41.4 Å². The van der Waals surface area contributed by atoms with E-state index in [4.69, 9.17) is 0 Å². The van der Waals surface area contributed by atoms with Crippen molar-refractivity contribution in [3.63, 3.8) is 0 Å². The standard InChI is InChI=1S/C15H23N5/c1-12-16-10-11-20(12)14-13(6-5-7-18-14)17-8-9-19-15(2,3)4/h5-7,10-11,17,19H,8-9H2,1-4H3. The molecule has 108 valence electrons. The molecule has 20 heavy (non-hydrogen) atoms. The average molecular weight is 273 g/mol. The van der Waals surface area contributed by atoms with Crippen molar-refractivity contribution >= 4 is 5.69 Å². The number of rotatable bonds is 5. The van der Waals surface area contributed by atoms with Crippen molar-refractivity contribution in [3.8, 4) is 5.82 Å². The molecule has 5 heteroatoms. The van der Waals surface area contributed by atoms with E-state index < -0.39 is 0 Å². The molecule has 0 aliphatic heterocycles. The van der Waals surface area contributed by atoms with Gasteiger partial charge >= 0.3 is 0 Å². The summed E-state index contributed by atoms with van der Waals surface area (Å²) >= 11 is 0. The molecule has 0 spiro atoms. The maximum atomic E-state index is 4.45. The van der Waals surface area contributed by atoms with E-state index in [1.165, 1.54) is 0 Å². The fraction of sp³-hybridized carbons (Fsp3) is 0.467. The summed E-state index contributed by atoms with van der Waals surface area (Å²) in [5, 5.41) is 6.88. The molecule has 0 atom stereocenters. The van der Waals surface area contributed by atoms with E-state index in [9.17, 15) is 0 Å². The second kappa shape index (κ2) is 6.05. The lowest BCUT2D eigenvalue weighted by Crippen LogP contribution is -2.38. The van der Waals surface area contributed by atoms with Crippen LogP contribution in [0.3, 0.4) is 0 Å². The maximum Gasteiger partial charge on any atom is 0.161 e. The van der Waals surface area contributed by atoms with E-state index >= 15 is 0 Å². The van der Waals surface area contributed by atoms with Gasteiger partial charge in [-0.1, -0.05) is 0 Å². The SMILES string of the molecule is Cc1nccn1-c1ncccc1NCCNC(C)(C)C. The molecule has 5 nitrogen and oxygen atoms in total. The maximum absolute atomic E-state index is 4.45. The molecule has 0 unspecified atom stereocenters. The summed E-state index contributed by atoms with van der Waals surface area (Å²) in [6, 6.07) is 3.98. The minimum absolute atomic E-state index is 0.139. The van der Waals surface area contributed by atoms with Crippen LogP contribution in [0.15, 0.2) is 30.7 Å². The number of aromatic nitrogens is 3. The molecular weight excluding hydrogens is 250 g/mol. The highest BCUT2D eigenvalue weighted by atomic mass is 15.1. The van der Waals surface area contributed by atoms with Gasteiger partial charge in [0, 0.05) is 37.2 Å². The Labute approximate surface area is 120 Å². The van der Waals surface area contributed by atoms with Crippen molar-refractivity contribution in [2.24, 2.45) is 0 Å². The van der Waals surface area contributed by atoms with Crippen LogP contribution in [0.2, 0.25) is 0 Å². The summed E-state index contributed by atoms with van der Waals surface area (Å²) in [6.07, 6.45) is 5.51. The van der Waals surface area contributed by atoms with Gasteiger partial charge < -0.3 is 10.6 Å². The summed E-state index contributed by atoms with van der Waals surface area (Å²) in [5.41, 5.74) is 1.16. The third kappa shape index (κ3) is 3.81. The van der Waals surface area contributed by atoms with Gasteiger partial charge in [-0.3, -0.25) is 4.57 Å². The van der Waals surface area contributed by atoms with Crippen molar-refractivity contribution in [3.05, 3.63) is 36.5 Å². The van der Waals surface area contributed by atoms with E-state index in [0.29, 0.717) is 0 Å². The third-order valence-corrected chi connectivity index (χ3v) is 2.94. The Morgan fingerprint density at radius 2 is 1.95 bits per heavy atom. The molecule has 0 saturated heterocycles. The van der Waals surface area contributed by atoms with Crippen molar-refractivity contribution in [2.75, 3.05) is 18.4 Å². The number of nitrogens with one attached hydrogen (secondary N) is 2. The van der Waals surface area contributed by atoms with Crippen LogP contribution >= 0.6 is 0 Å². The van der Waals surface area contributed by atoms with E-state index in [-0.39, 0.29) is 5.54 Å². The Morgan fingerprint density at radius 3 is 2.60 bits per heavy atom. The summed E-state index contributed by atoms with van der Waals surface area (Å²) in [4.78, 5) is 8.70. The van der Waals surface area contributed by atoms with Crippen LogP contribution in [0.1, 0.15) is 26.6 Å². The highest BCUT2D eigenvalue weighted by Crippen LogP contribution is 2.17. The van der Waals surface area contributed by atoms with Crippen LogP contribution in [0.25, 0.3) is 5.82 Å². The molecule has 2 N–H and O–H groups in total. The molecule has 0 fully saturated rings. The van der Waals surface area contributed by atoms with Gasteiger partial charge in [0.25, 0.3) is 0 Å². The van der Waals surface area contributed by atoms with Gasteiger partial charge in [0.1, 0.15) is 5.82 Å². The average Bonchev–Trinajstić information content (AvgIpc) is 2.80. The van der Waals surface area contributed by atoms with Crippen LogP contribution in [0.4, 0.5) is 5.69 Å². The highest BCUT2D eigenvalue weighted by Gasteiger charge is 2.09. The van der Waals surface area contributed by atoms with Crippen molar-refractivity contribution in [2.45, 2.75) is 33.2 Å². The number of anilines is 1. The molecular formula is C15H23N5. The van der Waals surface area contributed by atoms with Gasteiger partial charge in [0.05, 0.1) is 5.69 Å². The zero-order valence-electron chi connectivity index (χ0n) is 12.6. The number of pyridine rings is 1. The topological polar surface area (TPSA) is 54.8 Å². The Morgan fingerprint density at radius 1 is 1.15 bits per heavy atom. The fourth-order valence-electron chi connectivity index (χ4n) is 1.96. The quantitative estimate of drug-likeness (QED) is 0.821. The molecule has 0 bridgehead atoms. The lowest BCUT2D eigenvalue weighted by molar-refractivity contribution is 0.435. The molecule has 2 aromatic heterocycles. The van der Waals surface area contributed by atoms with Gasteiger partial charge in [-0.15, -0.1) is 0 Å². The zero-order chi connectivity index (χ0) is 14.6. The Bertz CT molecular complexity index is 553. The summed E-state index contributed by atoms with van der Waals surface area (Å²) in [7, 11) is 0. The molecule has 2 rings (SSSR count). The highest BCUT2D eigenvalue weighted by molar-refractivity contribution is 5.57. The second-order valence-corrected chi connectivity index (χ2v) is 5.82. The minimum Gasteiger partial charge on any atom is -0.381 e. The normalized spacial score (nSPS) is 11.6. The first-order chi connectivity index (χ1) is 9.47. The van der Waals surface area contributed by atoms with Gasteiger partial charge in [-0.2, -0.15) is 0 Å². The van der Waals surface area contributed by atoms with Gasteiger partial charge in [0.15, 0.2) is 5.82 Å². The Hall–Kier alpha value is -1.88.